The van der Waals surface area contributed by atoms with Gasteiger partial charge in [-0.15, -0.1) is 0 Å². The fraction of sp³-hybridized carbons (Fsp3) is 0.0625. The summed E-state index contributed by atoms with van der Waals surface area (Å²) in [7, 11) is 0. The second-order valence-corrected chi connectivity index (χ2v) is 8.74. The third-order valence-corrected chi connectivity index (χ3v) is 6.10. The van der Waals surface area contributed by atoms with Crippen LogP contribution in [0.5, 0.6) is 28.7 Å². The molecule has 0 N–H and O–H groups in total. The van der Waals surface area contributed by atoms with Gasteiger partial charge in [0.2, 0.25) is 11.2 Å². The molecular formula is C32H22O7. The molecule has 0 atom stereocenters. The van der Waals surface area contributed by atoms with E-state index in [4.69, 9.17) is 23.4 Å². The molecule has 0 fully saturated rings. The Morgan fingerprint density at radius 2 is 1.51 bits per heavy atom. The maximum Gasteiger partial charge on any atom is 0.336 e. The average molecular weight is 519 g/mol. The molecule has 0 amide bonds. The Labute approximate surface area is 223 Å². The first-order chi connectivity index (χ1) is 19.1. The van der Waals surface area contributed by atoms with Crippen molar-refractivity contribution in [2.24, 2.45) is 0 Å². The first-order valence-electron chi connectivity index (χ1n) is 12.3. The molecule has 7 heteroatoms. The largest absolute Gasteiger partial charge is 0.486 e. The maximum atomic E-state index is 13.0. The Bertz CT molecular complexity index is 1740. The van der Waals surface area contributed by atoms with Crippen LogP contribution in [0.3, 0.4) is 0 Å². The number of benzene rings is 4. The van der Waals surface area contributed by atoms with Gasteiger partial charge in [-0.2, -0.15) is 0 Å². The SMILES string of the molecule is O=C(C=Cc1ccc2c(c1)OCCO2)Oc1ccc2c(=O)c(Oc3ccc(-c4ccccc4)cc3)coc2c1. The number of fused-ring (bicyclic) bond motifs is 2. The maximum absolute atomic E-state index is 13.0. The summed E-state index contributed by atoms with van der Waals surface area (Å²) in [6.07, 6.45) is 4.19. The fourth-order valence-electron chi connectivity index (χ4n) is 4.18. The molecule has 0 aliphatic carbocycles. The summed E-state index contributed by atoms with van der Waals surface area (Å²) in [4.78, 5) is 25.4. The van der Waals surface area contributed by atoms with Gasteiger partial charge in [-0.3, -0.25) is 4.79 Å². The molecular weight excluding hydrogens is 496 g/mol. The van der Waals surface area contributed by atoms with Crippen LogP contribution in [0.4, 0.5) is 0 Å². The summed E-state index contributed by atoms with van der Waals surface area (Å²) in [5.74, 6) is 1.54. The van der Waals surface area contributed by atoms with Crippen LogP contribution in [0.25, 0.3) is 28.2 Å². The van der Waals surface area contributed by atoms with Crippen molar-refractivity contribution >= 4 is 23.0 Å². The van der Waals surface area contributed by atoms with Crippen LogP contribution in [0.1, 0.15) is 5.56 Å². The lowest BCUT2D eigenvalue weighted by Gasteiger charge is -2.18. The standard InChI is InChI=1S/C32H22O7/c33-31(15-7-21-6-14-27-29(18-21)36-17-16-35-27)39-25-12-13-26-28(19-25)37-20-30(32(26)34)38-24-10-8-23(9-11-24)22-4-2-1-3-5-22/h1-15,18-20H,16-17H2. The van der Waals surface area contributed by atoms with Gasteiger partial charge >= 0.3 is 5.97 Å². The van der Waals surface area contributed by atoms with Gasteiger partial charge in [0.25, 0.3) is 0 Å². The van der Waals surface area contributed by atoms with E-state index in [-0.39, 0.29) is 22.5 Å². The van der Waals surface area contributed by atoms with E-state index in [1.54, 1.807) is 36.4 Å². The number of carbonyl (C=O) groups is 1. The third-order valence-electron chi connectivity index (χ3n) is 6.10. The average Bonchev–Trinajstić information content (AvgIpc) is 2.98. The Morgan fingerprint density at radius 3 is 2.33 bits per heavy atom. The first kappa shape index (κ1) is 24.1. The van der Waals surface area contributed by atoms with Gasteiger partial charge in [0.15, 0.2) is 11.5 Å². The number of hydrogen-bond acceptors (Lipinski definition) is 7. The van der Waals surface area contributed by atoms with Crippen molar-refractivity contribution < 1.29 is 28.2 Å². The summed E-state index contributed by atoms with van der Waals surface area (Å²) in [6.45, 7) is 0.994. The van der Waals surface area contributed by atoms with Crippen molar-refractivity contribution in [1.82, 2.24) is 0 Å². The van der Waals surface area contributed by atoms with Crippen molar-refractivity contribution in [3.8, 4) is 39.9 Å². The molecule has 0 spiro atoms. The van der Waals surface area contributed by atoms with E-state index in [1.807, 2.05) is 48.5 Å². The van der Waals surface area contributed by atoms with E-state index in [0.717, 1.165) is 16.7 Å². The van der Waals surface area contributed by atoms with E-state index >= 15 is 0 Å². The zero-order chi connectivity index (χ0) is 26.6. The van der Waals surface area contributed by atoms with Crippen LogP contribution in [-0.2, 0) is 4.79 Å². The van der Waals surface area contributed by atoms with E-state index in [2.05, 4.69) is 0 Å². The minimum absolute atomic E-state index is 0.0575. The van der Waals surface area contributed by atoms with Crippen LogP contribution in [0, 0.1) is 0 Å². The number of hydrogen-bond donors (Lipinski definition) is 0. The molecule has 1 aliphatic rings. The lowest BCUT2D eigenvalue weighted by Crippen LogP contribution is -2.15. The predicted molar refractivity (Wildman–Crippen MR) is 147 cm³/mol. The highest BCUT2D eigenvalue weighted by atomic mass is 16.6. The number of ether oxygens (including phenoxy) is 4. The van der Waals surface area contributed by atoms with Gasteiger partial charge in [0.05, 0.1) is 5.39 Å². The number of rotatable bonds is 6. The van der Waals surface area contributed by atoms with Crippen LogP contribution in [0.2, 0.25) is 0 Å². The lowest BCUT2D eigenvalue weighted by atomic mass is 10.1. The summed E-state index contributed by atoms with van der Waals surface area (Å²) in [6, 6.07) is 27.4. The molecule has 0 saturated heterocycles. The summed E-state index contributed by atoms with van der Waals surface area (Å²) < 4.78 is 27.9. The molecule has 0 radical (unpaired) electrons. The second kappa shape index (κ2) is 10.6. The van der Waals surface area contributed by atoms with Crippen molar-refractivity contribution in [1.29, 1.82) is 0 Å². The molecule has 5 aromatic rings. The van der Waals surface area contributed by atoms with E-state index in [9.17, 15) is 9.59 Å². The molecule has 1 aromatic heterocycles. The highest BCUT2D eigenvalue weighted by Crippen LogP contribution is 2.31. The smallest absolute Gasteiger partial charge is 0.336 e. The van der Waals surface area contributed by atoms with Crippen molar-refractivity contribution in [2.75, 3.05) is 13.2 Å². The van der Waals surface area contributed by atoms with Gasteiger partial charge < -0.3 is 23.4 Å². The van der Waals surface area contributed by atoms with Crippen LogP contribution in [-0.4, -0.2) is 19.2 Å². The molecule has 0 bridgehead atoms. The molecule has 39 heavy (non-hydrogen) atoms. The van der Waals surface area contributed by atoms with Crippen LogP contribution in [0.15, 0.2) is 113 Å². The Kier molecular flexibility index (Phi) is 6.53. The number of carbonyl (C=O) groups excluding carboxylic acids is 1. The Balaban J connectivity index is 1.14. The normalized spacial score (nSPS) is 12.4. The van der Waals surface area contributed by atoms with Gasteiger partial charge in [-0.1, -0.05) is 48.5 Å². The van der Waals surface area contributed by atoms with E-state index < -0.39 is 5.97 Å². The molecule has 0 unspecified atom stereocenters. The van der Waals surface area contributed by atoms with Gasteiger partial charge in [0.1, 0.15) is 36.6 Å². The molecule has 7 nitrogen and oxygen atoms in total. The Hall–Kier alpha value is -5.30. The minimum atomic E-state index is -0.578. The molecule has 6 rings (SSSR count). The van der Waals surface area contributed by atoms with Gasteiger partial charge in [-0.25, -0.2) is 4.79 Å². The van der Waals surface area contributed by atoms with Crippen molar-refractivity contribution in [3.05, 3.63) is 119 Å². The van der Waals surface area contributed by atoms with Crippen LogP contribution < -0.4 is 24.4 Å². The minimum Gasteiger partial charge on any atom is -0.486 e. The van der Waals surface area contributed by atoms with E-state index in [1.165, 1.54) is 24.5 Å². The van der Waals surface area contributed by atoms with Crippen LogP contribution >= 0.6 is 0 Å². The highest BCUT2D eigenvalue weighted by molar-refractivity contribution is 5.89. The second-order valence-electron chi connectivity index (χ2n) is 8.74. The van der Waals surface area contributed by atoms with Crippen molar-refractivity contribution in [2.45, 2.75) is 0 Å². The molecule has 2 heterocycles. The molecule has 0 saturated carbocycles. The number of esters is 1. The zero-order valence-electron chi connectivity index (χ0n) is 20.7. The topological polar surface area (TPSA) is 84.2 Å². The fourth-order valence-corrected chi connectivity index (χ4v) is 4.18. The predicted octanol–water partition coefficient (Wildman–Crippen LogP) is 6.64. The van der Waals surface area contributed by atoms with E-state index in [0.29, 0.717) is 35.8 Å². The first-order valence-corrected chi connectivity index (χ1v) is 12.3. The summed E-state index contributed by atoms with van der Waals surface area (Å²) in [5.41, 5.74) is 2.83. The molecule has 192 valence electrons. The molecule has 1 aliphatic heterocycles. The van der Waals surface area contributed by atoms with Crippen molar-refractivity contribution in [3.63, 3.8) is 0 Å². The monoisotopic (exact) mass is 518 g/mol. The van der Waals surface area contributed by atoms with Gasteiger partial charge in [-0.05, 0) is 59.2 Å². The summed E-state index contributed by atoms with van der Waals surface area (Å²) in [5, 5.41) is 0.306. The Morgan fingerprint density at radius 1 is 0.769 bits per heavy atom. The third kappa shape index (κ3) is 5.38. The quantitative estimate of drug-likeness (QED) is 0.141. The molecule has 4 aromatic carbocycles. The van der Waals surface area contributed by atoms with Gasteiger partial charge in [0, 0.05) is 12.1 Å². The highest BCUT2D eigenvalue weighted by Gasteiger charge is 2.13. The summed E-state index contributed by atoms with van der Waals surface area (Å²) >= 11 is 0. The zero-order valence-corrected chi connectivity index (χ0v) is 20.7. The lowest BCUT2D eigenvalue weighted by molar-refractivity contribution is -0.128.